The van der Waals surface area contributed by atoms with Gasteiger partial charge >= 0.3 is 0 Å². The van der Waals surface area contributed by atoms with E-state index in [1.54, 1.807) is 36.7 Å². The third-order valence-electron chi connectivity index (χ3n) is 4.94. The number of carbonyl (C=O) groups is 1. The van der Waals surface area contributed by atoms with E-state index in [4.69, 9.17) is 0 Å². The zero-order valence-electron chi connectivity index (χ0n) is 16.6. The number of benzene rings is 2. The van der Waals surface area contributed by atoms with Gasteiger partial charge in [-0.1, -0.05) is 12.1 Å². The summed E-state index contributed by atoms with van der Waals surface area (Å²) in [5.41, 5.74) is 5.05. The van der Waals surface area contributed by atoms with E-state index >= 15 is 0 Å². The van der Waals surface area contributed by atoms with E-state index in [-0.39, 0.29) is 11.7 Å². The molecule has 0 bridgehead atoms. The van der Waals surface area contributed by atoms with Crippen molar-refractivity contribution in [1.29, 1.82) is 0 Å². The van der Waals surface area contributed by atoms with Crippen molar-refractivity contribution in [3.8, 4) is 22.6 Å². The van der Waals surface area contributed by atoms with Crippen LogP contribution in [-0.2, 0) is 0 Å². The summed E-state index contributed by atoms with van der Waals surface area (Å²) < 4.78 is 13.3. The van der Waals surface area contributed by atoms with Crippen molar-refractivity contribution >= 4 is 11.6 Å². The summed E-state index contributed by atoms with van der Waals surface area (Å²) in [5.74, 6) is -0.233. The Morgan fingerprint density at radius 3 is 2.40 bits per heavy atom. The maximum absolute atomic E-state index is 13.3. The highest BCUT2D eigenvalue weighted by Gasteiger charge is 2.18. The van der Waals surface area contributed by atoms with Crippen LogP contribution in [0.3, 0.4) is 0 Å². The van der Waals surface area contributed by atoms with Gasteiger partial charge in [-0.25, -0.2) is 14.4 Å². The average molecular weight is 398 g/mol. The van der Waals surface area contributed by atoms with Crippen LogP contribution in [0.4, 0.5) is 10.1 Å². The number of rotatable bonds is 4. The largest absolute Gasteiger partial charge is 0.322 e. The molecule has 0 saturated heterocycles. The van der Waals surface area contributed by atoms with Gasteiger partial charge in [-0.05, 0) is 67.4 Å². The number of anilines is 1. The van der Waals surface area contributed by atoms with E-state index in [1.807, 2.05) is 32.0 Å². The van der Waals surface area contributed by atoms with Gasteiger partial charge in [0.05, 0.1) is 11.3 Å². The Hall–Kier alpha value is -3.93. The second-order valence-electron chi connectivity index (χ2n) is 6.90. The summed E-state index contributed by atoms with van der Waals surface area (Å²) in [5, 5.41) is 2.96. The van der Waals surface area contributed by atoms with Crippen LogP contribution >= 0.6 is 0 Å². The lowest BCUT2D eigenvalue weighted by molar-refractivity contribution is 0.102. The first-order chi connectivity index (χ1) is 14.5. The summed E-state index contributed by atoms with van der Waals surface area (Å²) in [4.78, 5) is 26.1. The number of hydrogen-bond acceptors (Lipinski definition) is 4. The molecule has 0 atom stereocenters. The van der Waals surface area contributed by atoms with Gasteiger partial charge in [-0.2, -0.15) is 0 Å². The molecule has 1 N–H and O–H groups in total. The third kappa shape index (κ3) is 3.93. The summed E-state index contributed by atoms with van der Waals surface area (Å²) in [6, 6.07) is 15.2. The number of pyridine rings is 1. The minimum absolute atomic E-state index is 0.304. The van der Waals surface area contributed by atoms with Crippen LogP contribution in [0.2, 0.25) is 0 Å². The molecule has 148 valence electrons. The van der Waals surface area contributed by atoms with Gasteiger partial charge in [0, 0.05) is 35.4 Å². The highest BCUT2D eigenvalue weighted by Crippen LogP contribution is 2.26. The van der Waals surface area contributed by atoms with E-state index in [0.717, 1.165) is 22.4 Å². The van der Waals surface area contributed by atoms with E-state index in [2.05, 4.69) is 20.3 Å². The number of hydrogen-bond donors (Lipinski definition) is 1. The fourth-order valence-corrected chi connectivity index (χ4v) is 3.09. The van der Waals surface area contributed by atoms with Gasteiger partial charge in [0.15, 0.2) is 5.82 Å². The molecule has 2 aromatic carbocycles. The van der Waals surface area contributed by atoms with Crippen molar-refractivity contribution in [2.45, 2.75) is 13.8 Å². The first kappa shape index (κ1) is 19.4. The number of nitrogens with zero attached hydrogens (tertiary/aromatic N) is 3. The van der Waals surface area contributed by atoms with E-state index in [0.29, 0.717) is 22.6 Å². The number of nitrogens with one attached hydrogen (secondary N) is 1. The predicted molar refractivity (Wildman–Crippen MR) is 115 cm³/mol. The van der Waals surface area contributed by atoms with Crippen molar-refractivity contribution in [1.82, 2.24) is 15.0 Å². The molecular weight excluding hydrogens is 379 g/mol. The SMILES string of the molecule is Cc1cccc(NC(=O)c2cnc(-c3ccc(F)cc3)nc2-c2ccncc2)c1C. The lowest BCUT2D eigenvalue weighted by atomic mass is 10.1. The highest BCUT2D eigenvalue weighted by molar-refractivity contribution is 6.08. The topological polar surface area (TPSA) is 67.8 Å². The summed E-state index contributed by atoms with van der Waals surface area (Å²) in [6.07, 6.45) is 4.78. The van der Waals surface area contributed by atoms with Crippen molar-refractivity contribution in [2.24, 2.45) is 0 Å². The van der Waals surface area contributed by atoms with Crippen LogP contribution in [0.1, 0.15) is 21.5 Å². The Balaban J connectivity index is 1.77. The molecule has 0 saturated carbocycles. The van der Waals surface area contributed by atoms with Crippen LogP contribution < -0.4 is 5.32 Å². The number of amides is 1. The summed E-state index contributed by atoms with van der Waals surface area (Å²) in [7, 11) is 0. The molecule has 0 radical (unpaired) electrons. The quantitative estimate of drug-likeness (QED) is 0.512. The van der Waals surface area contributed by atoms with Crippen molar-refractivity contribution < 1.29 is 9.18 Å². The van der Waals surface area contributed by atoms with Crippen LogP contribution in [0.15, 0.2) is 73.2 Å². The van der Waals surface area contributed by atoms with Gasteiger partial charge in [0.1, 0.15) is 5.82 Å². The predicted octanol–water partition coefficient (Wildman–Crippen LogP) is 5.21. The van der Waals surface area contributed by atoms with E-state index in [1.165, 1.54) is 18.3 Å². The van der Waals surface area contributed by atoms with Crippen LogP contribution in [0.5, 0.6) is 0 Å². The minimum Gasteiger partial charge on any atom is -0.322 e. The second-order valence-corrected chi connectivity index (χ2v) is 6.90. The Morgan fingerprint density at radius 1 is 0.933 bits per heavy atom. The molecule has 0 aliphatic carbocycles. The molecule has 0 unspecified atom stereocenters. The first-order valence-corrected chi connectivity index (χ1v) is 9.44. The van der Waals surface area contributed by atoms with Crippen LogP contribution in [-0.4, -0.2) is 20.9 Å². The van der Waals surface area contributed by atoms with Crippen molar-refractivity contribution in [2.75, 3.05) is 5.32 Å². The lowest BCUT2D eigenvalue weighted by Gasteiger charge is -2.13. The Labute approximate surface area is 173 Å². The molecule has 1 amide bonds. The fraction of sp³-hybridized carbons (Fsp3) is 0.0833. The van der Waals surface area contributed by atoms with Gasteiger partial charge in [-0.15, -0.1) is 0 Å². The lowest BCUT2D eigenvalue weighted by Crippen LogP contribution is -2.16. The third-order valence-corrected chi connectivity index (χ3v) is 4.94. The van der Waals surface area contributed by atoms with Gasteiger partial charge in [0.2, 0.25) is 0 Å². The molecule has 4 aromatic rings. The smallest absolute Gasteiger partial charge is 0.259 e. The Bertz CT molecular complexity index is 1210. The first-order valence-electron chi connectivity index (χ1n) is 9.44. The standard InChI is InChI=1S/C24H19FN4O/c1-15-4-3-5-21(16(15)2)28-24(30)20-14-27-23(18-6-8-19(25)9-7-18)29-22(20)17-10-12-26-13-11-17/h3-14H,1-2H3,(H,28,30). The molecule has 0 spiro atoms. The normalized spacial score (nSPS) is 10.6. The van der Waals surface area contributed by atoms with Crippen LogP contribution in [0.25, 0.3) is 22.6 Å². The van der Waals surface area contributed by atoms with Gasteiger partial charge in [0.25, 0.3) is 5.91 Å². The highest BCUT2D eigenvalue weighted by atomic mass is 19.1. The molecule has 2 aromatic heterocycles. The molecule has 30 heavy (non-hydrogen) atoms. The minimum atomic E-state index is -0.336. The average Bonchev–Trinajstić information content (AvgIpc) is 2.77. The number of halogens is 1. The summed E-state index contributed by atoms with van der Waals surface area (Å²) >= 11 is 0. The van der Waals surface area contributed by atoms with Gasteiger partial charge < -0.3 is 5.32 Å². The molecule has 0 aliphatic heterocycles. The molecule has 6 heteroatoms. The molecule has 5 nitrogen and oxygen atoms in total. The maximum atomic E-state index is 13.3. The zero-order chi connectivity index (χ0) is 21.1. The molecule has 0 fully saturated rings. The summed E-state index contributed by atoms with van der Waals surface area (Å²) in [6.45, 7) is 3.96. The molecular formula is C24H19FN4O. The fourth-order valence-electron chi connectivity index (χ4n) is 3.09. The van der Waals surface area contributed by atoms with E-state index in [9.17, 15) is 9.18 Å². The van der Waals surface area contributed by atoms with Gasteiger partial charge in [-0.3, -0.25) is 9.78 Å². The number of carbonyl (C=O) groups excluding carboxylic acids is 1. The zero-order valence-corrected chi connectivity index (χ0v) is 16.6. The Kier molecular flexibility index (Phi) is 5.30. The Morgan fingerprint density at radius 2 is 1.67 bits per heavy atom. The van der Waals surface area contributed by atoms with Crippen molar-refractivity contribution in [3.63, 3.8) is 0 Å². The number of aromatic nitrogens is 3. The second kappa shape index (κ2) is 8.21. The van der Waals surface area contributed by atoms with E-state index < -0.39 is 0 Å². The maximum Gasteiger partial charge on any atom is 0.259 e. The molecule has 0 aliphatic rings. The monoisotopic (exact) mass is 398 g/mol. The number of aryl methyl sites for hydroxylation is 1. The molecule has 4 rings (SSSR count). The molecule has 2 heterocycles. The van der Waals surface area contributed by atoms with Crippen LogP contribution in [0, 0.1) is 19.7 Å². The van der Waals surface area contributed by atoms with Crippen molar-refractivity contribution in [3.05, 3.63) is 95.7 Å².